The molecule has 4 rings (SSSR count). The number of rotatable bonds is 8. The van der Waals surface area contributed by atoms with Crippen LogP contribution in [-0.2, 0) is 19.1 Å². The Morgan fingerprint density at radius 3 is 2.32 bits per heavy atom. The molecule has 2 atom stereocenters. The number of likely N-dealkylation sites (tertiary alicyclic amines) is 1. The van der Waals surface area contributed by atoms with Crippen LogP contribution in [0.3, 0.4) is 0 Å². The van der Waals surface area contributed by atoms with Crippen molar-refractivity contribution in [1.29, 1.82) is 0 Å². The number of carbonyl (C=O) groups excluding carboxylic acids is 2. The second kappa shape index (κ2) is 10.7. The second-order valence-electron chi connectivity index (χ2n) is 8.76. The van der Waals surface area contributed by atoms with Crippen LogP contribution in [0, 0.1) is 0 Å². The lowest BCUT2D eigenvalue weighted by Crippen LogP contribution is -2.55. The van der Waals surface area contributed by atoms with Gasteiger partial charge >= 0.3 is 12.1 Å². The minimum Gasteiger partial charge on any atom is -0.481 e. The first-order valence-electron chi connectivity index (χ1n) is 11.6. The third-order valence-electron chi connectivity index (χ3n) is 6.59. The molecular weight excluding hydrogens is 436 g/mol. The van der Waals surface area contributed by atoms with Gasteiger partial charge in [0.2, 0.25) is 5.91 Å². The molecule has 1 aliphatic carbocycles. The summed E-state index contributed by atoms with van der Waals surface area (Å²) < 4.78 is 10.7. The molecule has 8 heteroatoms. The molecule has 1 heterocycles. The monoisotopic (exact) mass is 466 g/mol. The number of amides is 2. The van der Waals surface area contributed by atoms with Crippen molar-refractivity contribution < 1.29 is 29.0 Å². The zero-order chi connectivity index (χ0) is 24.1. The minimum atomic E-state index is -0.949. The van der Waals surface area contributed by atoms with E-state index in [1.54, 1.807) is 4.90 Å². The lowest BCUT2D eigenvalue weighted by Gasteiger charge is -2.37. The van der Waals surface area contributed by atoms with Crippen LogP contribution in [0.1, 0.15) is 42.7 Å². The number of carbonyl (C=O) groups is 3. The average Bonchev–Trinajstić information content (AvgIpc) is 3.16. The van der Waals surface area contributed by atoms with Crippen molar-refractivity contribution in [1.82, 2.24) is 10.2 Å². The Balaban J connectivity index is 1.42. The van der Waals surface area contributed by atoms with Gasteiger partial charge in [-0.15, -0.1) is 0 Å². The molecule has 2 amide bonds. The largest absolute Gasteiger partial charge is 0.481 e. The zero-order valence-electron chi connectivity index (χ0n) is 19.2. The fourth-order valence-corrected chi connectivity index (χ4v) is 5.03. The summed E-state index contributed by atoms with van der Waals surface area (Å²) in [4.78, 5) is 38.7. The van der Waals surface area contributed by atoms with Gasteiger partial charge in [-0.3, -0.25) is 9.59 Å². The number of hydrogen-bond acceptors (Lipinski definition) is 5. The number of hydrogen-bond donors (Lipinski definition) is 2. The number of ether oxygens (including phenoxy) is 2. The molecule has 34 heavy (non-hydrogen) atoms. The van der Waals surface area contributed by atoms with E-state index in [0.717, 1.165) is 35.1 Å². The van der Waals surface area contributed by atoms with E-state index in [1.165, 1.54) is 7.11 Å². The summed E-state index contributed by atoms with van der Waals surface area (Å²) in [6, 6.07) is 14.8. The maximum Gasteiger partial charge on any atom is 0.407 e. The van der Waals surface area contributed by atoms with Crippen LogP contribution < -0.4 is 5.32 Å². The number of piperidine rings is 1. The highest BCUT2D eigenvalue weighted by molar-refractivity contribution is 5.86. The van der Waals surface area contributed by atoms with Crippen LogP contribution in [0.15, 0.2) is 48.5 Å². The Labute approximate surface area is 198 Å². The quantitative estimate of drug-likeness (QED) is 0.618. The topological polar surface area (TPSA) is 105 Å². The Bertz CT molecular complexity index is 1010. The number of benzene rings is 2. The number of nitrogens with zero attached hydrogens (tertiary/aromatic N) is 1. The van der Waals surface area contributed by atoms with Crippen LogP contribution in [0.25, 0.3) is 11.1 Å². The van der Waals surface area contributed by atoms with Crippen LogP contribution in [0.4, 0.5) is 4.79 Å². The predicted molar refractivity (Wildman–Crippen MR) is 125 cm³/mol. The van der Waals surface area contributed by atoms with Gasteiger partial charge in [0.1, 0.15) is 12.6 Å². The summed E-state index contributed by atoms with van der Waals surface area (Å²) in [5.74, 6) is -1.38. The molecular formula is C26H30N2O6. The van der Waals surface area contributed by atoms with E-state index in [4.69, 9.17) is 9.47 Å². The third kappa shape index (κ3) is 5.07. The molecule has 1 aliphatic heterocycles. The Morgan fingerprint density at radius 2 is 1.71 bits per heavy atom. The molecule has 2 aliphatic rings. The number of nitrogens with one attached hydrogen (secondary N) is 1. The Morgan fingerprint density at radius 1 is 1.06 bits per heavy atom. The predicted octanol–water partition coefficient (Wildman–Crippen LogP) is 3.40. The average molecular weight is 467 g/mol. The van der Waals surface area contributed by atoms with Crippen LogP contribution in [0.5, 0.6) is 0 Å². The molecule has 2 N–H and O–H groups in total. The van der Waals surface area contributed by atoms with E-state index in [9.17, 15) is 19.5 Å². The second-order valence-corrected chi connectivity index (χ2v) is 8.76. The lowest BCUT2D eigenvalue weighted by atomic mass is 9.98. The van der Waals surface area contributed by atoms with Gasteiger partial charge < -0.3 is 24.8 Å². The van der Waals surface area contributed by atoms with Crippen LogP contribution in [-0.4, -0.2) is 66.9 Å². The standard InChI is InChI=1S/C26H30N2O6/c1-33-16-23(25(31)28-13-7-6-8-17(28)14-24(29)30)27-26(32)34-15-22-20-11-4-2-9-18(20)19-10-3-5-12-21(19)22/h2-5,9-12,17,22-23H,6-8,13-16H2,1H3,(H,27,32)(H,29,30). The summed E-state index contributed by atoms with van der Waals surface area (Å²) in [5, 5.41) is 11.8. The van der Waals surface area contributed by atoms with Crippen molar-refractivity contribution in [3.63, 3.8) is 0 Å². The molecule has 0 radical (unpaired) electrons. The summed E-state index contributed by atoms with van der Waals surface area (Å²) >= 11 is 0. The van der Waals surface area contributed by atoms with Crippen molar-refractivity contribution in [2.45, 2.75) is 43.7 Å². The molecule has 0 saturated carbocycles. The van der Waals surface area contributed by atoms with Gasteiger partial charge in [-0.1, -0.05) is 48.5 Å². The Hall–Kier alpha value is -3.39. The molecule has 1 fully saturated rings. The maximum absolute atomic E-state index is 13.2. The van der Waals surface area contributed by atoms with E-state index in [0.29, 0.717) is 13.0 Å². The molecule has 180 valence electrons. The van der Waals surface area contributed by atoms with Gasteiger partial charge in [-0.05, 0) is 41.5 Å². The highest BCUT2D eigenvalue weighted by Crippen LogP contribution is 2.44. The normalized spacial score (nSPS) is 18.0. The summed E-state index contributed by atoms with van der Waals surface area (Å²) in [5.41, 5.74) is 4.47. The number of aliphatic carboxylic acids is 1. The fourth-order valence-electron chi connectivity index (χ4n) is 5.03. The summed E-state index contributed by atoms with van der Waals surface area (Å²) in [7, 11) is 1.45. The third-order valence-corrected chi connectivity index (χ3v) is 6.59. The summed E-state index contributed by atoms with van der Waals surface area (Å²) in [6.07, 6.45) is 1.48. The van der Waals surface area contributed by atoms with E-state index < -0.39 is 18.1 Å². The van der Waals surface area contributed by atoms with Gasteiger partial charge in [0, 0.05) is 25.6 Å². The van der Waals surface area contributed by atoms with Gasteiger partial charge in [0.05, 0.1) is 13.0 Å². The first-order valence-corrected chi connectivity index (χ1v) is 11.6. The highest BCUT2D eigenvalue weighted by atomic mass is 16.5. The molecule has 2 aromatic carbocycles. The fraction of sp³-hybridized carbons (Fsp3) is 0.423. The van der Waals surface area contributed by atoms with E-state index in [2.05, 4.69) is 17.4 Å². The number of alkyl carbamates (subject to hydrolysis) is 1. The van der Waals surface area contributed by atoms with Crippen molar-refractivity contribution in [2.24, 2.45) is 0 Å². The molecule has 1 saturated heterocycles. The number of carboxylic acids is 1. The van der Waals surface area contributed by atoms with Crippen molar-refractivity contribution >= 4 is 18.0 Å². The smallest absolute Gasteiger partial charge is 0.407 e. The summed E-state index contributed by atoms with van der Waals surface area (Å²) in [6.45, 7) is 0.571. The van der Waals surface area contributed by atoms with Crippen molar-refractivity contribution in [2.75, 3.05) is 26.9 Å². The number of methoxy groups -OCH3 is 1. The molecule has 0 bridgehead atoms. The number of fused-ring (bicyclic) bond motifs is 3. The van der Waals surface area contributed by atoms with Crippen molar-refractivity contribution in [3.8, 4) is 11.1 Å². The maximum atomic E-state index is 13.2. The Kier molecular flexibility index (Phi) is 7.47. The molecule has 0 spiro atoms. The zero-order valence-corrected chi connectivity index (χ0v) is 19.2. The van der Waals surface area contributed by atoms with Crippen LogP contribution >= 0.6 is 0 Å². The van der Waals surface area contributed by atoms with Gasteiger partial charge in [-0.25, -0.2) is 4.79 Å². The van der Waals surface area contributed by atoms with Gasteiger partial charge in [0.25, 0.3) is 0 Å². The van der Waals surface area contributed by atoms with E-state index in [1.807, 2.05) is 36.4 Å². The van der Waals surface area contributed by atoms with E-state index >= 15 is 0 Å². The van der Waals surface area contributed by atoms with Crippen LogP contribution in [0.2, 0.25) is 0 Å². The van der Waals surface area contributed by atoms with E-state index in [-0.39, 0.29) is 37.5 Å². The molecule has 8 nitrogen and oxygen atoms in total. The molecule has 2 aromatic rings. The highest BCUT2D eigenvalue weighted by Gasteiger charge is 2.34. The molecule has 2 unspecified atom stereocenters. The molecule has 0 aromatic heterocycles. The first kappa shape index (κ1) is 23.8. The first-order chi connectivity index (χ1) is 16.5. The minimum absolute atomic E-state index is 0.0285. The van der Waals surface area contributed by atoms with Gasteiger partial charge in [0.15, 0.2) is 0 Å². The van der Waals surface area contributed by atoms with Crippen molar-refractivity contribution in [3.05, 3.63) is 59.7 Å². The lowest BCUT2D eigenvalue weighted by molar-refractivity contribution is -0.143. The van der Waals surface area contributed by atoms with Gasteiger partial charge in [-0.2, -0.15) is 0 Å². The SMILES string of the molecule is COCC(NC(=O)OCC1c2ccccc2-c2ccccc21)C(=O)N1CCCCC1CC(=O)O. The number of carboxylic acid groups (broad SMARTS) is 1.